The van der Waals surface area contributed by atoms with E-state index in [1.54, 1.807) is 6.92 Å². The third-order valence-corrected chi connectivity index (χ3v) is 3.70. The van der Waals surface area contributed by atoms with E-state index in [0.717, 1.165) is 5.69 Å². The number of carbonyl (C=O) groups excluding carboxylic acids is 3. The number of rotatable bonds is 5. The second-order valence-corrected chi connectivity index (χ2v) is 5.79. The summed E-state index contributed by atoms with van der Waals surface area (Å²) < 4.78 is 9.81. The van der Waals surface area contributed by atoms with Gasteiger partial charge in [-0.25, -0.2) is 9.59 Å². The van der Waals surface area contributed by atoms with Crippen LogP contribution in [0.4, 0.5) is 10.5 Å². The van der Waals surface area contributed by atoms with Gasteiger partial charge in [-0.2, -0.15) is 0 Å². The zero-order valence-corrected chi connectivity index (χ0v) is 14.1. The number of carbonyl (C=O) groups is 3. The first-order valence-electron chi connectivity index (χ1n) is 7.95. The largest absolute Gasteiger partial charge is 0.459 e. The lowest BCUT2D eigenvalue weighted by molar-refractivity contribution is -0.154. The van der Waals surface area contributed by atoms with Gasteiger partial charge >= 0.3 is 18.0 Å². The maximum atomic E-state index is 12.0. The van der Waals surface area contributed by atoms with Gasteiger partial charge in [-0.15, -0.1) is 0 Å². The summed E-state index contributed by atoms with van der Waals surface area (Å²) in [5, 5.41) is 2.41. The first-order valence-corrected chi connectivity index (χ1v) is 7.95. The number of hydrogen-bond acceptors (Lipinski definition) is 5. The van der Waals surface area contributed by atoms with Crippen molar-refractivity contribution in [2.75, 3.05) is 24.6 Å². The van der Waals surface area contributed by atoms with Gasteiger partial charge in [0.25, 0.3) is 0 Å². The van der Waals surface area contributed by atoms with E-state index in [4.69, 9.17) is 4.74 Å². The summed E-state index contributed by atoms with van der Waals surface area (Å²) in [6.07, 6.45) is -0.983. The fraction of sp³-hybridized carbons (Fsp3) is 0.471. The maximum absolute atomic E-state index is 12.0. The van der Waals surface area contributed by atoms with Crippen molar-refractivity contribution in [3.8, 4) is 0 Å². The van der Waals surface area contributed by atoms with Crippen molar-refractivity contribution in [2.24, 2.45) is 0 Å². The van der Waals surface area contributed by atoms with Crippen molar-refractivity contribution < 1.29 is 23.9 Å². The van der Waals surface area contributed by atoms with Crippen LogP contribution >= 0.6 is 0 Å². The highest BCUT2D eigenvalue weighted by atomic mass is 16.6. The Hall–Kier alpha value is -2.57. The van der Waals surface area contributed by atoms with Crippen LogP contribution < -0.4 is 10.2 Å². The third kappa shape index (κ3) is 4.24. The predicted octanol–water partition coefficient (Wildman–Crippen LogP) is 1.81. The van der Waals surface area contributed by atoms with Crippen molar-refractivity contribution in [1.82, 2.24) is 5.32 Å². The fourth-order valence-electron chi connectivity index (χ4n) is 2.35. The van der Waals surface area contributed by atoms with E-state index >= 15 is 0 Å². The van der Waals surface area contributed by atoms with Gasteiger partial charge in [0.15, 0.2) is 0 Å². The topological polar surface area (TPSA) is 84.9 Å². The summed E-state index contributed by atoms with van der Waals surface area (Å²) in [5.41, 5.74) is 1.92. The van der Waals surface area contributed by atoms with Crippen molar-refractivity contribution in [1.29, 1.82) is 0 Å². The normalized spacial score (nSPS) is 16.9. The quantitative estimate of drug-likeness (QED) is 0.656. The van der Waals surface area contributed by atoms with Crippen molar-refractivity contribution in [3.05, 3.63) is 29.8 Å². The molecule has 1 N–H and O–H groups in total. The van der Waals surface area contributed by atoms with Gasteiger partial charge in [0.05, 0.1) is 19.7 Å². The molecule has 1 aromatic carbocycles. The lowest BCUT2D eigenvalue weighted by Crippen LogP contribution is -2.39. The molecule has 1 saturated heterocycles. The van der Waals surface area contributed by atoms with E-state index in [0.29, 0.717) is 12.5 Å². The van der Waals surface area contributed by atoms with Crippen LogP contribution in [0.15, 0.2) is 24.3 Å². The molecule has 1 atom stereocenters. The summed E-state index contributed by atoms with van der Waals surface area (Å²) in [7, 11) is 0. The van der Waals surface area contributed by atoms with Gasteiger partial charge in [-0.3, -0.25) is 9.69 Å². The van der Waals surface area contributed by atoms with Gasteiger partial charge in [0, 0.05) is 5.69 Å². The average molecular weight is 334 g/mol. The Balaban J connectivity index is 1.91. The Morgan fingerprint density at radius 3 is 2.58 bits per heavy atom. The molecule has 0 aliphatic carbocycles. The van der Waals surface area contributed by atoms with Crippen molar-refractivity contribution >= 4 is 23.7 Å². The molecule has 0 saturated carbocycles. The minimum atomic E-state index is -0.942. The highest BCUT2D eigenvalue weighted by Gasteiger charge is 2.33. The first kappa shape index (κ1) is 17.8. The molecule has 0 aromatic heterocycles. The van der Waals surface area contributed by atoms with Crippen LogP contribution in [-0.4, -0.2) is 43.8 Å². The predicted molar refractivity (Wildman–Crippen MR) is 87.8 cm³/mol. The molecular formula is C17H22N2O5. The van der Waals surface area contributed by atoms with Crippen LogP contribution in [0.25, 0.3) is 0 Å². The molecule has 1 heterocycles. The van der Waals surface area contributed by atoms with Gasteiger partial charge < -0.3 is 14.8 Å². The van der Waals surface area contributed by atoms with E-state index in [1.807, 2.05) is 24.3 Å². The molecule has 1 aliphatic heterocycles. The minimum Gasteiger partial charge on any atom is -0.459 e. The molecule has 0 spiro atoms. The van der Waals surface area contributed by atoms with E-state index in [1.165, 1.54) is 10.5 Å². The maximum Gasteiger partial charge on any atom is 0.414 e. The van der Waals surface area contributed by atoms with Gasteiger partial charge in [-0.05, 0) is 30.5 Å². The Morgan fingerprint density at radius 1 is 1.33 bits per heavy atom. The van der Waals surface area contributed by atoms with E-state index < -0.39 is 24.1 Å². The second kappa shape index (κ2) is 7.81. The summed E-state index contributed by atoms with van der Waals surface area (Å²) in [6.45, 7) is 6.31. The lowest BCUT2D eigenvalue weighted by atomic mass is 10.0. The van der Waals surface area contributed by atoms with Gasteiger partial charge in [-0.1, -0.05) is 26.0 Å². The molecule has 2 rings (SSSR count). The molecule has 7 nitrogen and oxygen atoms in total. The molecule has 130 valence electrons. The number of ether oxygens (including phenoxy) is 2. The van der Waals surface area contributed by atoms with Gasteiger partial charge in [0.2, 0.25) is 0 Å². The highest BCUT2D eigenvalue weighted by molar-refractivity contribution is 6.32. The summed E-state index contributed by atoms with van der Waals surface area (Å²) in [6, 6.07) is 7.69. The van der Waals surface area contributed by atoms with E-state index in [-0.39, 0.29) is 13.2 Å². The minimum absolute atomic E-state index is 0.0595. The Morgan fingerprint density at radius 2 is 2.00 bits per heavy atom. The number of anilines is 1. The Kier molecular flexibility index (Phi) is 5.78. The summed E-state index contributed by atoms with van der Waals surface area (Å²) in [4.78, 5) is 36.2. The average Bonchev–Trinajstić information content (AvgIpc) is 2.93. The number of esters is 1. The zero-order valence-electron chi connectivity index (χ0n) is 14.1. The molecule has 1 aliphatic rings. The molecule has 1 unspecified atom stereocenters. The summed E-state index contributed by atoms with van der Waals surface area (Å²) >= 11 is 0. The standard InChI is InChI=1S/C17H22N2O5/c1-4-23-16(21)15(20)18-9-14-10-19(17(22)24-14)13-7-5-12(6-8-13)11(2)3/h5-8,11,14H,4,9-10H2,1-3H3,(H,18,20). The molecule has 7 heteroatoms. The van der Waals surface area contributed by atoms with Crippen molar-refractivity contribution in [3.63, 3.8) is 0 Å². The smallest absolute Gasteiger partial charge is 0.414 e. The Labute approximate surface area is 140 Å². The number of nitrogens with zero attached hydrogens (tertiary/aromatic N) is 1. The fourth-order valence-corrected chi connectivity index (χ4v) is 2.35. The number of hydrogen-bond donors (Lipinski definition) is 1. The molecule has 24 heavy (non-hydrogen) atoms. The van der Waals surface area contributed by atoms with Crippen LogP contribution in [0.2, 0.25) is 0 Å². The SMILES string of the molecule is CCOC(=O)C(=O)NCC1CN(c2ccc(C(C)C)cc2)C(=O)O1. The third-order valence-electron chi connectivity index (χ3n) is 3.70. The van der Waals surface area contributed by atoms with Crippen molar-refractivity contribution in [2.45, 2.75) is 32.8 Å². The first-order chi connectivity index (χ1) is 11.4. The van der Waals surface area contributed by atoms with E-state index in [2.05, 4.69) is 23.9 Å². The zero-order chi connectivity index (χ0) is 17.7. The van der Waals surface area contributed by atoms with E-state index in [9.17, 15) is 14.4 Å². The Bertz CT molecular complexity index is 612. The highest BCUT2D eigenvalue weighted by Crippen LogP contribution is 2.24. The summed E-state index contributed by atoms with van der Waals surface area (Å²) in [5.74, 6) is -1.37. The van der Waals surface area contributed by atoms with Crippen LogP contribution in [0.3, 0.4) is 0 Å². The van der Waals surface area contributed by atoms with Crippen LogP contribution in [-0.2, 0) is 19.1 Å². The van der Waals surface area contributed by atoms with Crippen LogP contribution in [0.1, 0.15) is 32.3 Å². The lowest BCUT2D eigenvalue weighted by Gasteiger charge is -2.14. The van der Waals surface area contributed by atoms with Gasteiger partial charge in [0.1, 0.15) is 6.10 Å². The van der Waals surface area contributed by atoms with Crippen LogP contribution in [0, 0.1) is 0 Å². The molecular weight excluding hydrogens is 312 g/mol. The molecule has 2 amide bonds. The molecule has 1 fully saturated rings. The monoisotopic (exact) mass is 334 g/mol. The number of nitrogens with one attached hydrogen (secondary N) is 1. The molecule has 0 bridgehead atoms. The number of benzene rings is 1. The number of amides is 2. The number of cyclic esters (lactones) is 1. The van der Waals surface area contributed by atoms with Crippen LogP contribution in [0.5, 0.6) is 0 Å². The molecule has 0 radical (unpaired) electrons. The second-order valence-electron chi connectivity index (χ2n) is 5.79. The molecule has 1 aromatic rings.